The number of aliphatic hydroxyl groups is 2. The zero-order valence-electron chi connectivity index (χ0n) is 9.76. The van der Waals surface area contributed by atoms with Crippen molar-refractivity contribution in [3.63, 3.8) is 0 Å². The summed E-state index contributed by atoms with van der Waals surface area (Å²) in [7, 11) is 0. The van der Waals surface area contributed by atoms with Crippen LogP contribution in [0.25, 0.3) is 0 Å². The third kappa shape index (κ3) is 3.92. The minimum absolute atomic E-state index is 0.0278. The number of benzene rings is 1. The van der Waals surface area contributed by atoms with Gasteiger partial charge in [0.15, 0.2) is 0 Å². The number of aliphatic hydroxyl groups excluding tert-OH is 2. The Morgan fingerprint density at radius 3 is 1.78 bits per heavy atom. The highest BCUT2D eigenvalue weighted by Crippen LogP contribution is 2.13. The summed E-state index contributed by atoms with van der Waals surface area (Å²) in [5.74, 6) is -0.601. The number of fused-ring (bicyclic) bond motifs is 1. The van der Waals surface area contributed by atoms with E-state index in [-0.39, 0.29) is 25.0 Å². The van der Waals surface area contributed by atoms with Gasteiger partial charge in [0.05, 0.1) is 37.6 Å². The Bertz CT molecular complexity index is 382. The van der Waals surface area contributed by atoms with Gasteiger partial charge in [-0.2, -0.15) is 0 Å². The Kier molecular flexibility index (Phi) is 5.99. The largest absolute Gasteiger partial charge is 0.394 e. The molecular formula is C12H15NO5. The molecule has 0 saturated heterocycles. The second-order valence-electron chi connectivity index (χ2n) is 3.39. The molecule has 2 rings (SSSR count). The van der Waals surface area contributed by atoms with Gasteiger partial charge in [-0.15, -0.1) is 0 Å². The van der Waals surface area contributed by atoms with Gasteiger partial charge in [-0.1, -0.05) is 12.1 Å². The molecular weight excluding hydrogens is 238 g/mol. The molecule has 3 N–H and O–H groups in total. The molecule has 0 spiro atoms. The number of rotatable bonds is 4. The van der Waals surface area contributed by atoms with E-state index in [1.807, 2.05) is 0 Å². The molecule has 0 saturated carbocycles. The summed E-state index contributed by atoms with van der Waals surface area (Å²) in [6.45, 7) is 0.696. The molecule has 1 aromatic carbocycles. The van der Waals surface area contributed by atoms with E-state index >= 15 is 0 Å². The van der Waals surface area contributed by atoms with Crippen LogP contribution in [0.4, 0.5) is 0 Å². The average molecular weight is 253 g/mol. The molecule has 1 aliphatic heterocycles. The fraction of sp³-hybridized carbons (Fsp3) is 0.333. The third-order valence-corrected chi connectivity index (χ3v) is 2.11. The van der Waals surface area contributed by atoms with Crippen LogP contribution in [-0.4, -0.2) is 48.5 Å². The Balaban J connectivity index is 0.000000203. The number of hydrogen-bond acceptors (Lipinski definition) is 5. The fourth-order valence-corrected chi connectivity index (χ4v) is 1.35. The predicted octanol–water partition coefficient (Wildman–Crippen LogP) is -0.442. The van der Waals surface area contributed by atoms with Crippen molar-refractivity contribution < 1.29 is 24.5 Å². The van der Waals surface area contributed by atoms with Gasteiger partial charge in [0.25, 0.3) is 11.8 Å². The molecule has 0 bridgehead atoms. The van der Waals surface area contributed by atoms with Crippen LogP contribution in [0, 0.1) is 0 Å². The highest BCUT2D eigenvalue weighted by Gasteiger charge is 2.25. The van der Waals surface area contributed by atoms with Gasteiger partial charge in [-0.05, 0) is 12.1 Å². The molecule has 98 valence electrons. The quantitative estimate of drug-likeness (QED) is 0.499. The van der Waals surface area contributed by atoms with Crippen LogP contribution in [0.2, 0.25) is 0 Å². The fourth-order valence-electron chi connectivity index (χ4n) is 1.35. The molecule has 1 heterocycles. The summed E-state index contributed by atoms with van der Waals surface area (Å²) in [6, 6.07) is 6.74. The van der Waals surface area contributed by atoms with Crippen LogP contribution >= 0.6 is 0 Å². The van der Waals surface area contributed by atoms with Gasteiger partial charge in [0, 0.05) is 0 Å². The summed E-state index contributed by atoms with van der Waals surface area (Å²) in [5, 5.41) is 18.4. The maximum atomic E-state index is 10.9. The number of nitrogens with one attached hydrogen (secondary N) is 1. The molecule has 0 fully saturated rings. The van der Waals surface area contributed by atoms with Crippen LogP contribution in [0.3, 0.4) is 0 Å². The first kappa shape index (κ1) is 14.3. The zero-order chi connectivity index (χ0) is 13.4. The van der Waals surface area contributed by atoms with Gasteiger partial charge in [0.1, 0.15) is 0 Å². The molecule has 1 aromatic rings. The van der Waals surface area contributed by atoms with E-state index in [1.54, 1.807) is 24.3 Å². The zero-order valence-corrected chi connectivity index (χ0v) is 9.76. The van der Waals surface area contributed by atoms with Crippen LogP contribution in [0.5, 0.6) is 0 Å². The predicted molar refractivity (Wildman–Crippen MR) is 63.2 cm³/mol. The Morgan fingerprint density at radius 2 is 1.39 bits per heavy atom. The van der Waals surface area contributed by atoms with Crippen molar-refractivity contribution in [1.29, 1.82) is 0 Å². The third-order valence-electron chi connectivity index (χ3n) is 2.11. The van der Waals surface area contributed by atoms with E-state index in [9.17, 15) is 9.59 Å². The maximum Gasteiger partial charge on any atom is 0.258 e. The minimum Gasteiger partial charge on any atom is -0.394 e. The topological polar surface area (TPSA) is 95.9 Å². The molecule has 0 aromatic heterocycles. The van der Waals surface area contributed by atoms with Crippen LogP contribution in [-0.2, 0) is 4.74 Å². The summed E-state index contributed by atoms with van der Waals surface area (Å²) < 4.78 is 4.63. The lowest BCUT2D eigenvalue weighted by molar-refractivity contribution is 0.0650. The van der Waals surface area contributed by atoms with E-state index in [0.717, 1.165) is 0 Å². The van der Waals surface area contributed by atoms with E-state index < -0.39 is 0 Å². The van der Waals surface area contributed by atoms with Crippen molar-refractivity contribution in [2.24, 2.45) is 0 Å². The number of carbonyl (C=O) groups is 2. The van der Waals surface area contributed by atoms with E-state index in [2.05, 4.69) is 10.1 Å². The lowest BCUT2D eigenvalue weighted by atomic mass is 10.1. The van der Waals surface area contributed by atoms with Crippen molar-refractivity contribution >= 4 is 11.8 Å². The Morgan fingerprint density at radius 1 is 0.944 bits per heavy atom. The SMILES string of the molecule is O=C1NC(=O)c2ccccc21.OCCOCCO. The first-order valence-electron chi connectivity index (χ1n) is 5.45. The van der Waals surface area contributed by atoms with Gasteiger partial charge in [-0.3, -0.25) is 14.9 Å². The second-order valence-corrected chi connectivity index (χ2v) is 3.39. The number of amides is 2. The average Bonchev–Trinajstić information content (AvgIpc) is 2.67. The standard InChI is InChI=1S/C8H5NO2.C4H10O3/c10-7-5-3-1-2-4-6(5)8(11)9-7;5-1-3-7-4-2-6/h1-4H,(H,9,10,11);5-6H,1-4H2. The van der Waals surface area contributed by atoms with E-state index in [1.165, 1.54) is 0 Å². The second kappa shape index (κ2) is 7.54. The van der Waals surface area contributed by atoms with Crippen molar-refractivity contribution in [1.82, 2.24) is 5.32 Å². The highest BCUT2D eigenvalue weighted by molar-refractivity contribution is 6.21. The van der Waals surface area contributed by atoms with Crippen LogP contribution in [0.1, 0.15) is 20.7 Å². The Labute approximate surface area is 104 Å². The van der Waals surface area contributed by atoms with Crippen molar-refractivity contribution in [3.05, 3.63) is 35.4 Å². The lowest BCUT2D eigenvalue weighted by Gasteiger charge is -1.94. The molecule has 6 heteroatoms. The van der Waals surface area contributed by atoms with Crippen molar-refractivity contribution in [2.45, 2.75) is 0 Å². The number of carbonyl (C=O) groups excluding carboxylic acids is 2. The summed E-state index contributed by atoms with van der Waals surface area (Å²) in [6.07, 6.45) is 0. The number of ether oxygens (including phenoxy) is 1. The van der Waals surface area contributed by atoms with Gasteiger partial charge in [-0.25, -0.2) is 0 Å². The smallest absolute Gasteiger partial charge is 0.258 e. The number of hydrogen-bond donors (Lipinski definition) is 3. The van der Waals surface area contributed by atoms with Gasteiger partial charge < -0.3 is 14.9 Å². The lowest BCUT2D eigenvalue weighted by Crippen LogP contribution is -2.19. The first-order valence-corrected chi connectivity index (χ1v) is 5.45. The minimum atomic E-state index is -0.300. The van der Waals surface area contributed by atoms with Gasteiger partial charge >= 0.3 is 0 Å². The molecule has 0 aliphatic carbocycles. The normalized spacial score (nSPS) is 12.6. The summed E-state index contributed by atoms with van der Waals surface area (Å²) in [5.41, 5.74) is 0.940. The first-order chi connectivity index (χ1) is 8.70. The maximum absolute atomic E-state index is 10.9. The van der Waals surface area contributed by atoms with E-state index in [0.29, 0.717) is 24.3 Å². The molecule has 6 nitrogen and oxygen atoms in total. The highest BCUT2D eigenvalue weighted by atomic mass is 16.5. The molecule has 0 atom stereocenters. The Hall–Kier alpha value is -1.76. The molecule has 1 aliphatic rings. The van der Waals surface area contributed by atoms with Crippen molar-refractivity contribution in [2.75, 3.05) is 26.4 Å². The van der Waals surface area contributed by atoms with Crippen LogP contribution < -0.4 is 5.32 Å². The summed E-state index contributed by atoms with van der Waals surface area (Å²) >= 11 is 0. The van der Waals surface area contributed by atoms with Gasteiger partial charge in [0.2, 0.25) is 0 Å². The molecule has 0 unspecified atom stereocenters. The summed E-state index contributed by atoms with van der Waals surface area (Å²) in [4.78, 5) is 21.9. The molecule has 18 heavy (non-hydrogen) atoms. The monoisotopic (exact) mass is 253 g/mol. The molecule has 0 radical (unpaired) electrons. The molecule has 2 amide bonds. The van der Waals surface area contributed by atoms with Crippen molar-refractivity contribution in [3.8, 4) is 0 Å². The van der Waals surface area contributed by atoms with Crippen LogP contribution in [0.15, 0.2) is 24.3 Å². The van der Waals surface area contributed by atoms with E-state index in [4.69, 9.17) is 10.2 Å². The number of imide groups is 1.